The Labute approximate surface area is 123 Å². The first-order chi connectivity index (χ1) is 9.40. The Morgan fingerprint density at radius 3 is 2.40 bits per heavy atom. The molecule has 0 fully saturated rings. The molecule has 0 unspecified atom stereocenters. The summed E-state index contributed by atoms with van der Waals surface area (Å²) in [6.07, 6.45) is 0.476. The molecule has 0 saturated heterocycles. The average Bonchev–Trinajstić information content (AvgIpc) is 2.76. The SMILES string of the molecule is Cc1cc(C)cc(NS(=O)(=O)c2ccc(CCO)s2)c1. The second kappa shape index (κ2) is 5.95. The summed E-state index contributed by atoms with van der Waals surface area (Å²) in [7, 11) is -3.56. The lowest BCUT2D eigenvalue weighted by Gasteiger charge is -2.08. The molecular formula is C14H17NO3S2. The first-order valence-electron chi connectivity index (χ1n) is 6.21. The summed E-state index contributed by atoms with van der Waals surface area (Å²) in [4.78, 5) is 0.855. The van der Waals surface area contributed by atoms with Crippen molar-refractivity contribution in [2.24, 2.45) is 0 Å². The van der Waals surface area contributed by atoms with Gasteiger partial charge in [0.1, 0.15) is 4.21 Å². The van der Waals surface area contributed by atoms with Gasteiger partial charge in [-0.3, -0.25) is 4.72 Å². The number of hydrogen-bond acceptors (Lipinski definition) is 4. The fourth-order valence-corrected chi connectivity index (χ4v) is 4.37. The number of thiophene rings is 1. The second-order valence-corrected chi connectivity index (χ2v) is 7.75. The number of nitrogens with one attached hydrogen (secondary N) is 1. The van der Waals surface area contributed by atoms with Gasteiger partial charge >= 0.3 is 0 Å². The van der Waals surface area contributed by atoms with Gasteiger partial charge in [-0.1, -0.05) is 6.07 Å². The number of aliphatic hydroxyl groups is 1. The zero-order valence-electron chi connectivity index (χ0n) is 11.4. The molecule has 4 nitrogen and oxygen atoms in total. The number of anilines is 1. The molecule has 108 valence electrons. The van der Waals surface area contributed by atoms with E-state index in [9.17, 15) is 8.42 Å². The Morgan fingerprint density at radius 2 is 1.80 bits per heavy atom. The van der Waals surface area contributed by atoms with Gasteiger partial charge in [-0.2, -0.15) is 0 Å². The van der Waals surface area contributed by atoms with Gasteiger partial charge in [0, 0.05) is 23.6 Å². The molecule has 0 radical (unpaired) electrons. The molecule has 2 aromatic rings. The van der Waals surface area contributed by atoms with Gasteiger partial charge in [0.25, 0.3) is 10.0 Å². The predicted molar refractivity (Wildman–Crippen MR) is 81.8 cm³/mol. The summed E-state index contributed by atoms with van der Waals surface area (Å²) in [5, 5.41) is 8.87. The summed E-state index contributed by atoms with van der Waals surface area (Å²) in [6.45, 7) is 3.87. The summed E-state index contributed by atoms with van der Waals surface area (Å²) >= 11 is 1.18. The first kappa shape index (κ1) is 15.0. The van der Waals surface area contributed by atoms with E-state index in [0.717, 1.165) is 16.0 Å². The topological polar surface area (TPSA) is 66.4 Å². The van der Waals surface area contributed by atoms with Crippen LogP contribution >= 0.6 is 11.3 Å². The van der Waals surface area contributed by atoms with E-state index in [1.807, 2.05) is 19.9 Å². The van der Waals surface area contributed by atoms with E-state index < -0.39 is 10.0 Å². The number of benzene rings is 1. The van der Waals surface area contributed by atoms with Crippen LogP contribution < -0.4 is 4.72 Å². The van der Waals surface area contributed by atoms with Crippen molar-refractivity contribution in [2.75, 3.05) is 11.3 Å². The number of aryl methyl sites for hydroxylation is 2. The minimum atomic E-state index is -3.56. The molecule has 0 aliphatic rings. The first-order valence-corrected chi connectivity index (χ1v) is 8.51. The van der Waals surface area contributed by atoms with Crippen LogP contribution in [0.25, 0.3) is 0 Å². The second-order valence-electron chi connectivity index (χ2n) is 4.68. The molecule has 1 heterocycles. The zero-order chi connectivity index (χ0) is 14.8. The Hall–Kier alpha value is -1.37. The normalized spacial score (nSPS) is 11.6. The highest BCUT2D eigenvalue weighted by molar-refractivity contribution is 7.94. The predicted octanol–water partition coefficient (Wildman–Crippen LogP) is 2.70. The highest BCUT2D eigenvalue weighted by Gasteiger charge is 2.17. The summed E-state index contributed by atoms with van der Waals surface area (Å²) in [6, 6.07) is 8.89. The maximum Gasteiger partial charge on any atom is 0.271 e. The molecule has 6 heteroatoms. The van der Waals surface area contributed by atoms with Gasteiger partial charge in [0.15, 0.2) is 0 Å². The Balaban J connectivity index is 2.25. The molecule has 20 heavy (non-hydrogen) atoms. The minimum Gasteiger partial charge on any atom is -0.396 e. The monoisotopic (exact) mass is 311 g/mol. The highest BCUT2D eigenvalue weighted by atomic mass is 32.2. The van der Waals surface area contributed by atoms with E-state index in [1.54, 1.807) is 24.3 Å². The summed E-state index contributed by atoms with van der Waals surface area (Å²) < 4.78 is 27.4. The van der Waals surface area contributed by atoms with Gasteiger partial charge in [-0.05, 0) is 49.2 Å². The Kier molecular flexibility index (Phi) is 4.47. The van der Waals surface area contributed by atoms with E-state index in [2.05, 4.69) is 4.72 Å². The van der Waals surface area contributed by atoms with Crippen molar-refractivity contribution in [3.05, 3.63) is 46.3 Å². The van der Waals surface area contributed by atoms with Crippen LogP contribution in [0.5, 0.6) is 0 Å². The van der Waals surface area contributed by atoms with Gasteiger partial charge in [-0.25, -0.2) is 8.42 Å². The molecule has 0 atom stereocenters. The molecule has 0 saturated carbocycles. The minimum absolute atomic E-state index is 0.0184. The van der Waals surface area contributed by atoms with E-state index in [4.69, 9.17) is 5.11 Å². The molecule has 0 amide bonds. The van der Waals surface area contributed by atoms with Gasteiger partial charge < -0.3 is 5.11 Å². The van der Waals surface area contributed by atoms with Crippen molar-refractivity contribution >= 4 is 27.0 Å². The van der Waals surface area contributed by atoms with Crippen LogP contribution in [0.4, 0.5) is 5.69 Å². The van der Waals surface area contributed by atoms with Crippen LogP contribution in [0.3, 0.4) is 0 Å². The van der Waals surface area contributed by atoms with Gasteiger partial charge in [0.05, 0.1) is 0 Å². The average molecular weight is 311 g/mol. The smallest absolute Gasteiger partial charge is 0.271 e. The molecule has 0 aliphatic heterocycles. The van der Waals surface area contributed by atoms with E-state index >= 15 is 0 Å². The number of sulfonamides is 1. The zero-order valence-corrected chi connectivity index (χ0v) is 13.0. The standard InChI is InChI=1S/C14H17NO3S2/c1-10-7-11(2)9-12(8-10)15-20(17,18)14-4-3-13(19-14)5-6-16/h3-4,7-9,15-16H,5-6H2,1-2H3. The van der Waals surface area contributed by atoms with Crippen LogP contribution in [0.15, 0.2) is 34.5 Å². The van der Waals surface area contributed by atoms with Crippen molar-refractivity contribution in [2.45, 2.75) is 24.5 Å². The van der Waals surface area contributed by atoms with E-state index in [-0.39, 0.29) is 10.8 Å². The largest absolute Gasteiger partial charge is 0.396 e. The van der Waals surface area contributed by atoms with E-state index in [1.165, 1.54) is 11.3 Å². The van der Waals surface area contributed by atoms with Crippen LogP contribution in [0.2, 0.25) is 0 Å². The Morgan fingerprint density at radius 1 is 1.15 bits per heavy atom. The number of hydrogen-bond donors (Lipinski definition) is 2. The lowest BCUT2D eigenvalue weighted by Crippen LogP contribution is -2.11. The molecule has 2 rings (SSSR count). The van der Waals surface area contributed by atoms with Crippen molar-refractivity contribution < 1.29 is 13.5 Å². The lowest BCUT2D eigenvalue weighted by atomic mass is 10.1. The van der Waals surface area contributed by atoms with Crippen LogP contribution in [0, 0.1) is 13.8 Å². The van der Waals surface area contributed by atoms with Gasteiger partial charge in [0.2, 0.25) is 0 Å². The van der Waals surface area contributed by atoms with Gasteiger partial charge in [-0.15, -0.1) is 11.3 Å². The van der Waals surface area contributed by atoms with Crippen LogP contribution in [-0.4, -0.2) is 20.1 Å². The number of rotatable bonds is 5. The highest BCUT2D eigenvalue weighted by Crippen LogP contribution is 2.25. The third kappa shape index (κ3) is 3.59. The molecule has 1 aromatic carbocycles. The molecule has 0 aliphatic carbocycles. The van der Waals surface area contributed by atoms with Crippen LogP contribution in [-0.2, 0) is 16.4 Å². The van der Waals surface area contributed by atoms with E-state index in [0.29, 0.717) is 12.1 Å². The molecule has 1 aromatic heterocycles. The molecule has 0 spiro atoms. The molecule has 2 N–H and O–H groups in total. The fraction of sp³-hybridized carbons (Fsp3) is 0.286. The van der Waals surface area contributed by atoms with Crippen molar-refractivity contribution in [1.82, 2.24) is 0 Å². The third-order valence-corrected chi connectivity index (χ3v) is 5.75. The maximum absolute atomic E-state index is 12.3. The van der Waals surface area contributed by atoms with Crippen molar-refractivity contribution in [3.63, 3.8) is 0 Å². The third-order valence-electron chi connectivity index (χ3n) is 2.73. The maximum atomic E-state index is 12.3. The van der Waals surface area contributed by atoms with Crippen molar-refractivity contribution in [3.8, 4) is 0 Å². The molecule has 0 bridgehead atoms. The Bertz CT molecular complexity index is 685. The number of aliphatic hydroxyl groups excluding tert-OH is 1. The quantitative estimate of drug-likeness (QED) is 0.892. The van der Waals surface area contributed by atoms with Crippen molar-refractivity contribution in [1.29, 1.82) is 0 Å². The van der Waals surface area contributed by atoms with Crippen LogP contribution in [0.1, 0.15) is 16.0 Å². The summed E-state index contributed by atoms with van der Waals surface area (Å²) in [5.74, 6) is 0. The summed E-state index contributed by atoms with van der Waals surface area (Å²) in [5.41, 5.74) is 2.59. The lowest BCUT2D eigenvalue weighted by molar-refractivity contribution is 0.300. The fourth-order valence-electron chi connectivity index (χ4n) is 1.99. The molecular weight excluding hydrogens is 294 g/mol.